The summed E-state index contributed by atoms with van der Waals surface area (Å²) in [4.78, 5) is 20.9. The molecule has 2 aromatic heterocycles. The third-order valence-electron chi connectivity index (χ3n) is 4.74. The number of amides is 1. The molecule has 3 aromatic rings. The number of carbonyl (C=O) groups excluding carboxylic acids is 1. The number of aliphatic imine (C=N–C) groups is 1. The molecule has 0 radical (unpaired) electrons. The molecule has 34 heavy (non-hydrogen) atoms. The van der Waals surface area contributed by atoms with Gasteiger partial charge in [-0.3, -0.25) is 4.79 Å². The van der Waals surface area contributed by atoms with E-state index in [2.05, 4.69) is 25.7 Å². The summed E-state index contributed by atoms with van der Waals surface area (Å²) in [6.45, 7) is -0.514. The van der Waals surface area contributed by atoms with Crippen molar-refractivity contribution in [2.75, 3.05) is 25.1 Å². The summed E-state index contributed by atoms with van der Waals surface area (Å²) < 4.78 is 46.8. The maximum atomic E-state index is 13.4. The van der Waals surface area contributed by atoms with E-state index in [1.165, 1.54) is 47.2 Å². The fourth-order valence-electron chi connectivity index (χ4n) is 3.12. The van der Waals surface area contributed by atoms with E-state index in [9.17, 15) is 23.1 Å². The van der Waals surface area contributed by atoms with Gasteiger partial charge in [-0.15, -0.1) is 0 Å². The molecule has 1 aliphatic rings. The Morgan fingerprint density at radius 2 is 2.06 bits per heavy atom. The van der Waals surface area contributed by atoms with Gasteiger partial charge >= 0.3 is 6.18 Å². The summed E-state index contributed by atoms with van der Waals surface area (Å²) in [6, 6.07) is 7.96. The van der Waals surface area contributed by atoms with Crippen molar-refractivity contribution < 1.29 is 32.9 Å². The van der Waals surface area contributed by atoms with Gasteiger partial charge in [0.15, 0.2) is 11.5 Å². The molecule has 0 unspecified atom stereocenters. The molecule has 0 bridgehead atoms. The van der Waals surface area contributed by atoms with Crippen molar-refractivity contribution in [1.29, 1.82) is 0 Å². The monoisotopic (exact) mass is 476 g/mol. The number of alkyl halides is 3. The van der Waals surface area contributed by atoms with Crippen LogP contribution < -0.4 is 10.6 Å². The Morgan fingerprint density at radius 1 is 1.26 bits per heavy atom. The summed E-state index contributed by atoms with van der Waals surface area (Å²) in [7, 11) is 0. The minimum atomic E-state index is -4.56. The van der Waals surface area contributed by atoms with Gasteiger partial charge in [-0.2, -0.15) is 22.8 Å². The third kappa shape index (κ3) is 5.00. The molecule has 3 heterocycles. The second kappa shape index (κ2) is 9.49. The molecule has 178 valence electrons. The van der Waals surface area contributed by atoms with Crippen molar-refractivity contribution in [3.63, 3.8) is 0 Å². The van der Waals surface area contributed by atoms with Crippen molar-refractivity contribution in [3.05, 3.63) is 60.1 Å². The van der Waals surface area contributed by atoms with E-state index in [0.29, 0.717) is 5.65 Å². The predicted octanol–water partition coefficient (Wildman–Crippen LogP) is 1.57. The van der Waals surface area contributed by atoms with Crippen LogP contribution >= 0.6 is 0 Å². The lowest BCUT2D eigenvalue weighted by molar-refractivity contribution is -0.137. The van der Waals surface area contributed by atoms with E-state index >= 15 is 0 Å². The minimum absolute atomic E-state index is 0.0450. The van der Waals surface area contributed by atoms with E-state index in [-0.39, 0.29) is 41.8 Å². The van der Waals surface area contributed by atoms with Crippen LogP contribution in [-0.2, 0) is 15.7 Å². The number of ether oxygens (including phenoxy) is 1. The zero-order valence-corrected chi connectivity index (χ0v) is 17.5. The summed E-state index contributed by atoms with van der Waals surface area (Å²) in [6.07, 6.45) is -2.99. The van der Waals surface area contributed by atoms with Crippen LogP contribution in [0.1, 0.15) is 5.56 Å². The van der Waals surface area contributed by atoms with E-state index in [1.807, 2.05) is 0 Å². The van der Waals surface area contributed by atoms with Gasteiger partial charge in [0.25, 0.3) is 5.91 Å². The Morgan fingerprint density at radius 3 is 2.82 bits per heavy atom. The molecule has 0 saturated carbocycles. The van der Waals surface area contributed by atoms with Gasteiger partial charge in [0.05, 0.1) is 30.6 Å². The number of hydrogen-bond acceptors (Lipinski definition) is 8. The average Bonchev–Trinajstić information content (AvgIpc) is 3.24. The quantitative estimate of drug-likeness (QED) is 0.424. The highest BCUT2D eigenvalue weighted by atomic mass is 19.4. The van der Waals surface area contributed by atoms with Gasteiger partial charge in [-0.25, -0.2) is 9.98 Å². The Hall–Kier alpha value is -3.97. The molecule has 0 aliphatic carbocycles. The average molecular weight is 476 g/mol. The Bertz CT molecular complexity index is 1270. The van der Waals surface area contributed by atoms with Gasteiger partial charge in [0.1, 0.15) is 18.4 Å². The third-order valence-corrected chi connectivity index (χ3v) is 4.74. The SMILES string of the molecule is O=C(Nc1cnc2ccc(-c3ccccc3C(F)(F)F)nn12)C1=CNCC(OC[C@@H](O)CO)=N1. The summed E-state index contributed by atoms with van der Waals surface area (Å²) >= 11 is 0. The van der Waals surface area contributed by atoms with E-state index in [0.717, 1.165) is 6.07 Å². The van der Waals surface area contributed by atoms with Crippen LogP contribution in [0.4, 0.5) is 19.0 Å². The van der Waals surface area contributed by atoms with Gasteiger partial charge in [-0.1, -0.05) is 18.2 Å². The second-order valence-corrected chi connectivity index (χ2v) is 7.19. The number of aliphatic hydroxyl groups is 2. The van der Waals surface area contributed by atoms with Crippen LogP contribution in [0.2, 0.25) is 0 Å². The molecular weight excluding hydrogens is 457 g/mol. The van der Waals surface area contributed by atoms with Crippen molar-refractivity contribution in [2.24, 2.45) is 4.99 Å². The smallest absolute Gasteiger partial charge is 0.417 e. The van der Waals surface area contributed by atoms with E-state index in [1.54, 1.807) is 0 Å². The van der Waals surface area contributed by atoms with E-state index < -0.39 is 30.4 Å². The number of carbonyl (C=O) groups is 1. The van der Waals surface area contributed by atoms with Crippen LogP contribution in [-0.4, -0.2) is 62.5 Å². The number of aliphatic hydroxyl groups excluding tert-OH is 2. The molecule has 4 rings (SSSR count). The van der Waals surface area contributed by atoms with Crippen molar-refractivity contribution in [2.45, 2.75) is 12.3 Å². The second-order valence-electron chi connectivity index (χ2n) is 7.19. The molecule has 0 spiro atoms. The molecule has 1 aliphatic heterocycles. The van der Waals surface area contributed by atoms with Crippen molar-refractivity contribution in [1.82, 2.24) is 19.9 Å². The van der Waals surface area contributed by atoms with Crippen molar-refractivity contribution >= 4 is 23.3 Å². The lowest BCUT2D eigenvalue weighted by Crippen LogP contribution is -2.31. The molecule has 0 saturated heterocycles. The van der Waals surface area contributed by atoms with Crippen LogP contribution in [0.15, 0.2) is 59.5 Å². The first-order valence-corrected chi connectivity index (χ1v) is 10.0. The maximum absolute atomic E-state index is 13.4. The molecule has 1 atom stereocenters. The number of hydrogen-bond donors (Lipinski definition) is 4. The zero-order chi connectivity index (χ0) is 24.3. The molecule has 4 N–H and O–H groups in total. The summed E-state index contributed by atoms with van der Waals surface area (Å²) in [5, 5.41) is 27.9. The Kier molecular flexibility index (Phi) is 6.47. The molecule has 10 nitrogen and oxygen atoms in total. The maximum Gasteiger partial charge on any atom is 0.417 e. The van der Waals surface area contributed by atoms with Crippen molar-refractivity contribution in [3.8, 4) is 11.3 Å². The van der Waals surface area contributed by atoms with Crippen LogP contribution in [0.3, 0.4) is 0 Å². The Labute approximate surface area is 190 Å². The van der Waals surface area contributed by atoms with Crippen LogP contribution in [0, 0.1) is 0 Å². The number of fused-ring (bicyclic) bond motifs is 1. The number of imidazole rings is 1. The van der Waals surface area contributed by atoms with Gasteiger partial charge in [-0.05, 0) is 18.2 Å². The number of aromatic nitrogens is 3. The zero-order valence-electron chi connectivity index (χ0n) is 17.5. The van der Waals surface area contributed by atoms with Gasteiger partial charge in [0, 0.05) is 11.8 Å². The largest absolute Gasteiger partial charge is 0.477 e. The fraction of sp³-hybridized carbons (Fsp3) is 0.238. The predicted molar refractivity (Wildman–Crippen MR) is 115 cm³/mol. The van der Waals surface area contributed by atoms with Gasteiger partial charge in [0.2, 0.25) is 5.90 Å². The van der Waals surface area contributed by atoms with E-state index in [4.69, 9.17) is 9.84 Å². The highest BCUT2D eigenvalue weighted by molar-refractivity contribution is 6.05. The van der Waals surface area contributed by atoms with Crippen LogP contribution in [0.5, 0.6) is 0 Å². The number of anilines is 1. The standard InChI is InChI=1S/C21H19F3N6O4/c22-21(23,24)14-4-2-1-3-13(14)15-5-6-17-26-8-18(30(17)29-15)28-20(33)16-7-25-9-19(27-16)34-11-12(32)10-31/h1-8,12,25,31-32H,9-11H2,(H,28,33)/t12-/m0/s1. The fourth-order valence-corrected chi connectivity index (χ4v) is 3.12. The topological polar surface area (TPSA) is 133 Å². The number of nitrogens with zero attached hydrogens (tertiary/aromatic N) is 4. The first-order chi connectivity index (χ1) is 16.3. The van der Waals surface area contributed by atoms with Gasteiger partial charge < -0.3 is 25.6 Å². The number of benzene rings is 1. The first kappa shape index (κ1) is 23.2. The lowest BCUT2D eigenvalue weighted by atomic mass is 10.0. The molecule has 13 heteroatoms. The Balaban J connectivity index is 1.58. The lowest BCUT2D eigenvalue weighted by Gasteiger charge is -2.16. The highest BCUT2D eigenvalue weighted by Gasteiger charge is 2.33. The number of halogens is 3. The van der Waals surface area contributed by atoms with Crippen LogP contribution in [0.25, 0.3) is 16.9 Å². The number of rotatable bonds is 6. The molecule has 0 fully saturated rings. The summed E-state index contributed by atoms with van der Waals surface area (Å²) in [5.74, 6) is -0.408. The first-order valence-electron chi connectivity index (χ1n) is 10.0. The number of nitrogens with one attached hydrogen (secondary N) is 2. The summed E-state index contributed by atoms with van der Waals surface area (Å²) in [5.41, 5.74) is -0.639. The molecular formula is C21H19F3N6O4. The molecule has 1 aromatic carbocycles. The highest BCUT2D eigenvalue weighted by Crippen LogP contribution is 2.36. The normalized spacial score (nSPS) is 14.7. The minimum Gasteiger partial charge on any atom is -0.477 e. The molecule has 1 amide bonds.